The lowest BCUT2D eigenvalue weighted by molar-refractivity contribution is -0.129. The molecule has 0 bridgehead atoms. The lowest BCUT2D eigenvalue weighted by atomic mass is 10.0. The third kappa shape index (κ3) is 5.44. The molecule has 0 saturated carbocycles. The van der Waals surface area contributed by atoms with E-state index in [1.54, 1.807) is 4.90 Å². The van der Waals surface area contributed by atoms with Crippen LogP contribution in [0.15, 0.2) is 24.3 Å². The number of nitrogens with one attached hydrogen (secondary N) is 2. The highest BCUT2D eigenvalue weighted by Crippen LogP contribution is 2.21. The standard InChI is InChI=1S/C19H27N3O2.ClH/c1-14-2-4-16(5-3-14)12-22-13-17(10-18(22)23)19(24)21-9-7-15-6-8-20-11-15;/h2-5,15,17,20H,6-13H2,1H3,(H,21,24);1H. The number of rotatable bonds is 6. The van der Waals surface area contributed by atoms with E-state index in [0.29, 0.717) is 32.0 Å². The number of carbonyl (C=O) groups is 2. The summed E-state index contributed by atoms with van der Waals surface area (Å²) in [6.07, 6.45) is 2.55. The van der Waals surface area contributed by atoms with Gasteiger partial charge in [0.2, 0.25) is 11.8 Å². The summed E-state index contributed by atoms with van der Waals surface area (Å²) in [4.78, 5) is 26.3. The van der Waals surface area contributed by atoms with Crippen LogP contribution in [-0.2, 0) is 16.1 Å². The summed E-state index contributed by atoms with van der Waals surface area (Å²) in [5, 5.41) is 6.36. The Bertz CT molecular complexity index is 585. The van der Waals surface area contributed by atoms with Crippen molar-refractivity contribution in [2.75, 3.05) is 26.2 Å². The quantitative estimate of drug-likeness (QED) is 0.809. The topological polar surface area (TPSA) is 61.4 Å². The second kappa shape index (κ2) is 9.20. The zero-order valence-corrected chi connectivity index (χ0v) is 15.6. The number of hydrogen-bond acceptors (Lipinski definition) is 3. The lowest BCUT2D eigenvalue weighted by Crippen LogP contribution is -2.34. The highest BCUT2D eigenvalue weighted by atomic mass is 35.5. The molecule has 2 aliphatic heterocycles. The Labute approximate surface area is 155 Å². The Kier molecular flexibility index (Phi) is 7.26. The maximum Gasteiger partial charge on any atom is 0.225 e. The molecule has 2 atom stereocenters. The molecule has 1 aromatic carbocycles. The van der Waals surface area contributed by atoms with Crippen molar-refractivity contribution in [3.63, 3.8) is 0 Å². The molecule has 25 heavy (non-hydrogen) atoms. The minimum Gasteiger partial charge on any atom is -0.356 e. The first kappa shape index (κ1) is 19.7. The summed E-state index contributed by atoms with van der Waals surface area (Å²) in [6.45, 7) is 6.03. The van der Waals surface area contributed by atoms with Gasteiger partial charge in [0.15, 0.2) is 0 Å². The van der Waals surface area contributed by atoms with Gasteiger partial charge in [0, 0.05) is 26.1 Å². The van der Waals surface area contributed by atoms with Gasteiger partial charge in [-0.05, 0) is 44.3 Å². The van der Waals surface area contributed by atoms with Crippen molar-refractivity contribution in [3.05, 3.63) is 35.4 Å². The summed E-state index contributed by atoms with van der Waals surface area (Å²) < 4.78 is 0. The van der Waals surface area contributed by atoms with Crippen LogP contribution in [0.3, 0.4) is 0 Å². The van der Waals surface area contributed by atoms with E-state index < -0.39 is 0 Å². The first-order chi connectivity index (χ1) is 11.6. The molecule has 2 amide bonds. The fraction of sp³-hybridized carbons (Fsp3) is 0.579. The normalized spacial score (nSPS) is 22.8. The van der Waals surface area contributed by atoms with Crippen LogP contribution < -0.4 is 10.6 Å². The summed E-state index contributed by atoms with van der Waals surface area (Å²) >= 11 is 0. The fourth-order valence-electron chi connectivity index (χ4n) is 3.52. The van der Waals surface area contributed by atoms with E-state index >= 15 is 0 Å². The van der Waals surface area contributed by atoms with Crippen molar-refractivity contribution in [1.29, 1.82) is 0 Å². The second-order valence-corrected chi connectivity index (χ2v) is 7.10. The molecule has 0 aliphatic carbocycles. The first-order valence-corrected chi connectivity index (χ1v) is 8.93. The molecular formula is C19H28ClN3O2. The van der Waals surface area contributed by atoms with Gasteiger partial charge in [-0.15, -0.1) is 12.4 Å². The minimum absolute atomic E-state index is 0. The lowest BCUT2D eigenvalue weighted by Gasteiger charge is -2.17. The molecule has 2 heterocycles. The number of benzene rings is 1. The summed E-state index contributed by atoms with van der Waals surface area (Å²) in [6, 6.07) is 8.20. The molecule has 2 unspecified atom stereocenters. The molecule has 0 aromatic heterocycles. The van der Waals surface area contributed by atoms with E-state index in [4.69, 9.17) is 0 Å². The van der Waals surface area contributed by atoms with Gasteiger partial charge in [0.25, 0.3) is 0 Å². The van der Waals surface area contributed by atoms with Crippen molar-refractivity contribution in [2.24, 2.45) is 11.8 Å². The predicted molar refractivity (Wildman–Crippen MR) is 101 cm³/mol. The van der Waals surface area contributed by atoms with Crippen molar-refractivity contribution in [2.45, 2.75) is 32.7 Å². The Hall–Kier alpha value is -1.59. The van der Waals surface area contributed by atoms with Gasteiger partial charge >= 0.3 is 0 Å². The summed E-state index contributed by atoms with van der Waals surface area (Å²) in [7, 11) is 0. The zero-order chi connectivity index (χ0) is 16.9. The summed E-state index contributed by atoms with van der Waals surface area (Å²) in [5.74, 6) is 0.578. The Morgan fingerprint density at radius 2 is 2.08 bits per heavy atom. The Balaban J connectivity index is 0.00000225. The number of nitrogens with zero attached hydrogens (tertiary/aromatic N) is 1. The van der Waals surface area contributed by atoms with Gasteiger partial charge < -0.3 is 15.5 Å². The van der Waals surface area contributed by atoms with Gasteiger partial charge in [0.1, 0.15) is 0 Å². The average molecular weight is 366 g/mol. The summed E-state index contributed by atoms with van der Waals surface area (Å²) in [5.41, 5.74) is 2.32. The monoisotopic (exact) mass is 365 g/mol. The third-order valence-electron chi connectivity index (χ3n) is 5.09. The smallest absolute Gasteiger partial charge is 0.225 e. The van der Waals surface area contributed by atoms with Gasteiger partial charge in [-0.2, -0.15) is 0 Å². The fourth-order valence-corrected chi connectivity index (χ4v) is 3.52. The van der Waals surface area contributed by atoms with E-state index in [-0.39, 0.29) is 30.1 Å². The van der Waals surface area contributed by atoms with Gasteiger partial charge in [-0.1, -0.05) is 29.8 Å². The third-order valence-corrected chi connectivity index (χ3v) is 5.09. The molecule has 2 aliphatic rings. The number of likely N-dealkylation sites (tertiary alicyclic amines) is 1. The number of aryl methyl sites for hydroxylation is 1. The molecule has 2 fully saturated rings. The number of hydrogen-bond donors (Lipinski definition) is 2. The van der Waals surface area contributed by atoms with Crippen molar-refractivity contribution >= 4 is 24.2 Å². The molecule has 5 nitrogen and oxygen atoms in total. The van der Waals surface area contributed by atoms with E-state index in [1.807, 2.05) is 19.1 Å². The van der Waals surface area contributed by atoms with Crippen molar-refractivity contribution in [1.82, 2.24) is 15.5 Å². The molecular weight excluding hydrogens is 338 g/mol. The van der Waals surface area contributed by atoms with E-state index in [0.717, 1.165) is 25.1 Å². The SMILES string of the molecule is Cc1ccc(CN2CC(C(=O)NCCC3CCNC3)CC2=O)cc1.Cl. The minimum atomic E-state index is -0.204. The van der Waals surface area contributed by atoms with Crippen LogP contribution in [0, 0.1) is 18.8 Å². The van der Waals surface area contributed by atoms with Gasteiger partial charge in [-0.3, -0.25) is 9.59 Å². The van der Waals surface area contributed by atoms with Crippen LogP contribution >= 0.6 is 12.4 Å². The van der Waals surface area contributed by atoms with Crippen LogP contribution in [0.2, 0.25) is 0 Å². The Morgan fingerprint density at radius 3 is 2.76 bits per heavy atom. The first-order valence-electron chi connectivity index (χ1n) is 8.93. The van der Waals surface area contributed by atoms with E-state index in [2.05, 4.69) is 22.8 Å². The maximum absolute atomic E-state index is 12.3. The van der Waals surface area contributed by atoms with Crippen molar-refractivity contribution < 1.29 is 9.59 Å². The number of amides is 2. The number of carbonyl (C=O) groups excluding carboxylic acids is 2. The Morgan fingerprint density at radius 1 is 1.32 bits per heavy atom. The predicted octanol–water partition coefficient (Wildman–Crippen LogP) is 1.88. The van der Waals surface area contributed by atoms with E-state index in [9.17, 15) is 9.59 Å². The second-order valence-electron chi connectivity index (χ2n) is 7.10. The van der Waals surface area contributed by atoms with Crippen molar-refractivity contribution in [3.8, 4) is 0 Å². The molecule has 1 aromatic rings. The number of halogens is 1. The maximum atomic E-state index is 12.3. The van der Waals surface area contributed by atoms with Crippen LogP contribution in [0.5, 0.6) is 0 Å². The molecule has 0 radical (unpaired) electrons. The van der Waals surface area contributed by atoms with Crippen LogP contribution in [0.1, 0.15) is 30.4 Å². The molecule has 6 heteroatoms. The highest BCUT2D eigenvalue weighted by molar-refractivity contribution is 5.89. The highest BCUT2D eigenvalue weighted by Gasteiger charge is 2.34. The largest absolute Gasteiger partial charge is 0.356 e. The zero-order valence-electron chi connectivity index (χ0n) is 14.8. The van der Waals surface area contributed by atoms with Crippen LogP contribution in [0.4, 0.5) is 0 Å². The van der Waals surface area contributed by atoms with Gasteiger partial charge in [-0.25, -0.2) is 0 Å². The molecule has 138 valence electrons. The van der Waals surface area contributed by atoms with E-state index in [1.165, 1.54) is 12.0 Å². The van der Waals surface area contributed by atoms with Crippen LogP contribution in [0.25, 0.3) is 0 Å². The van der Waals surface area contributed by atoms with Crippen LogP contribution in [-0.4, -0.2) is 42.9 Å². The molecule has 3 rings (SSSR count). The molecule has 0 spiro atoms. The van der Waals surface area contributed by atoms with Gasteiger partial charge in [0.05, 0.1) is 5.92 Å². The molecule has 2 saturated heterocycles. The molecule has 2 N–H and O–H groups in total. The average Bonchev–Trinajstić information content (AvgIpc) is 3.20.